The van der Waals surface area contributed by atoms with Crippen LogP contribution in [-0.4, -0.2) is 15.0 Å². The summed E-state index contributed by atoms with van der Waals surface area (Å²) in [7, 11) is 0. The summed E-state index contributed by atoms with van der Waals surface area (Å²) in [6, 6.07) is 2.05. The maximum Gasteiger partial charge on any atom is 0.177 e. The van der Waals surface area contributed by atoms with E-state index in [4.69, 9.17) is 0 Å². The van der Waals surface area contributed by atoms with Crippen molar-refractivity contribution >= 4 is 27.1 Å². The number of nitrogens with zero attached hydrogens (tertiary/aromatic N) is 2. The van der Waals surface area contributed by atoms with Gasteiger partial charge < -0.3 is 4.98 Å². The molecule has 0 amide bonds. The van der Waals surface area contributed by atoms with Crippen LogP contribution >= 0.6 is 15.9 Å². The molecule has 1 saturated carbocycles. The van der Waals surface area contributed by atoms with Crippen molar-refractivity contribution in [2.75, 3.05) is 0 Å². The number of halogens is 1. The number of nitrogens with one attached hydrogen (secondary N) is 1. The lowest BCUT2D eigenvalue weighted by molar-refractivity contribution is 0.567. The maximum atomic E-state index is 4.63. The Labute approximate surface area is 109 Å². The third-order valence-electron chi connectivity index (χ3n) is 3.56. The molecule has 3 nitrogen and oxygen atoms in total. The number of rotatable bonds is 1. The van der Waals surface area contributed by atoms with Crippen LogP contribution in [0.5, 0.6) is 0 Å². The van der Waals surface area contributed by atoms with Crippen molar-refractivity contribution in [1.29, 1.82) is 0 Å². The fourth-order valence-corrected chi connectivity index (χ4v) is 2.97. The molecule has 3 rings (SSSR count). The van der Waals surface area contributed by atoms with E-state index >= 15 is 0 Å². The van der Waals surface area contributed by atoms with E-state index in [1.54, 1.807) is 6.20 Å². The Hall–Kier alpha value is -0.900. The zero-order chi connectivity index (χ0) is 11.7. The Morgan fingerprint density at radius 1 is 1.18 bits per heavy atom. The van der Waals surface area contributed by atoms with Crippen LogP contribution in [0.15, 0.2) is 16.7 Å². The van der Waals surface area contributed by atoms with Crippen LogP contribution in [0.2, 0.25) is 0 Å². The lowest BCUT2D eigenvalue weighted by Crippen LogP contribution is -1.99. The van der Waals surface area contributed by atoms with Crippen molar-refractivity contribution in [3.8, 4) is 0 Å². The number of hydrogen-bond acceptors (Lipinski definition) is 2. The third-order valence-corrected chi connectivity index (χ3v) is 4.00. The number of pyridine rings is 1. The average Bonchev–Trinajstić information content (AvgIpc) is 2.57. The van der Waals surface area contributed by atoms with Gasteiger partial charge in [-0.2, -0.15) is 0 Å². The SMILES string of the molecule is Brc1cnc2nc(C3CCCCCC3)[nH]c2c1. The molecule has 2 aromatic rings. The first-order valence-corrected chi connectivity index (χ1v) is 7.13. The van der Waals surface area contributed by atoms with Gasteiger partial charge in [-0.3, -0.25) is 0 Å². The van der Waals surface area contributed by atoms with Gasteiger partial charge in [0.15, 0.2) is 5.65 Å². The largest absolute Gasteiger partial charge is 0.340 e. The van der Waals surface area contributed by atoms with Gasteiger partial charge in [0.2, 0.25) is 0 Å². The Balaban J connectivity index is 1.93. The van der Waals surface area contributed by atoms with Crippen LogP contribution < -0.4 is 0 Å². The molecular formula is C13H16BrN3. The van der Waals surface area contributed by atoms with Crippen LogP contribution in [0.4, 0.5) is 0 Å². The van der Waals surface area contributed by atoms with Gasteiger partial charge >= 0.3 is 0 Å². The Kier molecular flexibility index (Phi) is 3.14. The van der Waals surface area contributed by atoms with Gasteiger partial charge in [0.05, 0.1) is 5.52 Å². The predicted octanol–water partition coefficient (Wildman–Crippen LogP) is 4.16. The van der Waals surface area contributed by atoms with Crippen molar-refractivity contribution < 1.29 is 0 Å². The molecule has 0 saturated heterocycles. The highest BCUT2D eigenvalue weighted by atomic mass is 79.9. The highest BCUT2D eigenvalue weighted by Crippen LogP contribution is 2.31. The minimum absolute atomic E-state index is 0.602. The Morgan fingerprint density at radius 2 is 1.94 bits per heavy atom. The van der Waals surface area contributed by atoms with E-state index in [2.05, 4.69) is 36.9 Å². The number of hydrogen-bond donors (Lipinski definition) is 1. The lowest BCUT2D eigenvalue weighted by atomic mass is 10.00. The van der Waals surface area contributed by atoms with Gasteiger partial charge in [-0.05, 0) is 34.8 Å². The molecule has 2 aromatic heterocycles. The molecule has 0 radical (unpaired) electrons. The van der Waals surface area contributed by atoms with Crippen molar-refractivity contribution in [3.05, 3.63) is 22.6 Å². The Morgan fingerprint density at radius 3 is 2.71 bits per heavy atom. The van der Waals surface area contributed by atoms with Gasteiger partial charge in [-0.1, -0.05) is 25.7 Å². The summed E-state index contributed by atoms with van der Waals surface area (Å²) >= 11 is 3.44. The second kappa shape index (κ2) is 4.77. The standard InChI is InChI=1S/C13H16BrN3/c14-10-7-11-13(15-8-10)17-12(16-11)9-5-3-1-2-4-6-9/h7-9H,1-6H2,(H,15,16,17). The number of imidazole rings is 1. The minimum atomic E-state index is 0.602. The second-order valence-electron chi connectivity index (χ2n) is 4.84. The van der Waals surface area contributed by atoms with Crippen molar-refractivity contribution in [1.82, 2.24) is 15.0 Å². The van der Waals surface area contributed by atoms with E-state index in [0.29, 0.717) is 5.92 Å². The molecule has 0 aliphatic heterocycles. The van der Waals surface area contributed by atoms with Crippen LogP contribution in [0.3, 0.4) is 0 Å². The van der Waals surface area contributed by atoms with Crippen LogP contribution in [-0.2, 0) is 0 Å². The van der Waals surface area contributed by atoms with E-state index in [0.717, 1.165) is 21.5 Å². The van der Waals surface area contributed by atoms with E-state index in [9.17, 15) is 0 Å². The van der Waals surface area contributed by atoms with Crippen molar-refractivity contribution in [2.45, 2.75) is 44.4 Å². The number of H-pyrrole nitrogens is 1. The first kappa shape index (κ1) is 11.2. The molecule has 0 aromatic carbocycles. The molecule has 1 aliphatic rings. The second-order valence-corrected chi connectivity index (χ2v) is 5.75. The summed E-state index contributed by atoms with van der Waals surface area (Å²) in [4.78, 5) is 12.4. The number of aromatic nitrogens is 3. The summed E-state index contributed by atoms with van der Waals surface area (Å²) in [5, 5.41) is 0. The molecule has 1 aliphatic carbocycles. The average molecular weight is 294 g/mol. The van der Waals surface area contributed by atoms with Gasteiger partial charge in [-0.15, -0.1) is 0 Å². The number of aromatic amines is 1. The van der Waals surface area contributed by atoms with Gasteiger partial charge in [0, 0.05) is 16.6 Å². The first-order valence-electron chi connectivity index (χ1n) is 6.34. The number of fused-ring (bicyclic) bond motifs is 1. The van der Waals surface area contributed by atoms with E-state index in [1.165, 1.54) is 38.5 Å². The van der Waals surface area contributed by atoms with E-state index in [1.807, 2.05) is 0 Å². The molecule has 1 N–H and O–H groups in total. The van der Waals surface area contributed by atoms with Gasteiger partial charge in [-0.25, -0.2) is 9.97 Å². The highest BCUT2D eigenvalue weighted by molar-refractivity contribution is 9.10. The third kappa shape index (κ3) is 2.37. The molecule has 90 valence electrons. The highest BCUT2D eigenvalue weighted by Gasteiger charge is 2.18. The summed E-state index contributed by atoms with van der Waals surface area (Å²) < 4.78 is 1.00. The molecule has 1 fully saturated rings. The molecular weight excluding hydrogens is 278 g/mol. The normalized spacial score (nSPS) is 18.4. The molecule has 4 heteroatoms. The van der Waals surface area contributed by atoms with Crippen LogP contribution in [0, 0.1) is 0 Å². The smallest absolute Gasteiger partial charge is 0.177 e. The summed E-state index contributed by atoms with van der Waals surface area (Å²) in [5.74, 6) is 1.73. The fourth-order valence-electron chi connectivity index (χ4n) is 2.64. The maximum absolute atomic E-state index is 4.63. The molecule has 0 spiro atoms. The molecule has 0 unspecified atom stereocenters. The summed E-state index contributed by atoms with van der Waals surface area (Å²) in [5.41, 5.74) is 1.88. The van der Waals surface area contributed by atoms with Gasteiger partial charge in [0.25, 0.3) is 0 Å². The first-order chi connectivity index (χ1) is 8.33. The molecule has 0 bridgehead atoms. The predicted molar refractivity (Wildman–Crippen MR) is 72.0 cm³/mol. The zero-order valence-electron chi connectivity index (χ0n) is 9.75. The van der Waals surface area contributed by atoms with Gasteiger partial charge in [0.1, 0.15) is 5.82 Å². The molecule has 17 heavy (non-hydrogen) atoms. The van der Waals surface area contributed by atoms with E-state index < -0.39 is 0 Å². The van der Waals surface area contributed by atoms with E-state index in [-0.39, 0.29) is 0 Å². The lowest BCUT2D eigenvalue weighted by Gasteiger charge is -2.09. The summed E-state index contributed by atoms with van der Waals surface area (Å²) in [6.07, 6.45) is 9.75. The molecule has 0 atom stereocenters. The zero-order valence-corrected chi connectivity index (χ0v) is 11.3. The van der Waals surface area contributed by atoms with Crippen LogP contribution in [0.1, 0.15) is 50.3 Å². The van der Waals surface area contributed by atoms with Crippen LogP contribution in [0.25, 0.3) is 11.2 Å². The quantitative estimate of drug-likeness (QED) is 0.802. The van der Waals surface area contributed by atoms with Crippen molar-refractivity contribution in [2.24, 2.45) is 0 Å². The summed E-state index contributed by atoms with van der Waals surface area (Å²) in [6.45, 7) is 0. The monoisotopic (exact) mass is 293 g/mol. The molecule has 2 heterocycles. The fraction of sp³-hybridized carbons (Fsp3) is 0.538. The topological polar surface area (TPSA) is 41.6 Å². The minimum Gasteiger partial charge on any atom is -0.340 e. The Bertz CT molecular complexity index is 512. The van der Waals surface area contributed by atoms with Crippen molar-refractivity contribution in [3.63, 3.8) is 0 Å².